The van der Waals surface area contributed by atoms with Gasteiger partial charge in [0.15, 0.2) is 0 Å². The molecule has 0 aliphatic heterocycles. The molecule has 0 atom stereocenters. The number of sulfonamides is 1. The van der Waals surface area contributed by atoms with E-state index in [1.54, 1.807) is 18.2 Å². The van der Waals surface area contributed by atoms with Gasteiger partial charge in [-0.25, -0.2) is 12.8 Å². The van der Waals surface area contributed by atoms with Crippen LogP contribution < -0.4 is 4.31 Å². The summed E-state index contributed by atoms with van der Waals surface area (Å²) in [4.78, 5) is -0.413. The molecule has 0 fully saturated rings. The maximum absolute atomic E-state index is 14.0. The average Bonchev–Trinajstić information content (AvgIpc) is 2.45. The van der Waals surface area contributed by atoms with Gasteiger partial charge < -0.3 is 5.11 Å². The van der Waals surface area contributed by atoms with Gasteiger partial charge in [-0.05, 0) is 42.3 Å². The topological polar surface area (TPSA) is 57.6 Å². The molecule has 0 saturated heterocycles. The second-order valence-corrected chi connectivity index (χ2v) is 6.67. The number of aryl methyl sites for hydroxylation is 1. The minimum absolute atomic E-state index is 0.324. The van der Waals surface area contributed by atoms with E-state index in [-0.39, 0.29) is 6.61 Å². The molecule has 112 valence electrons. The largest absolute Gasteiger partial charge is 0.392 e. The van der Waals surface area contributed by atoms with Crippen molar-refractivity contribution >= 4 is 15.7 Å². The van der Waals surface area contributed by atoms with Gasteiger partial charge in [0.25, 0.3) is 10.0 Å². The van der Waals surface area contributed by atoms with E-state index < -0.39 is 20.7 Å². The van der Waals surface area contributed by atoms with Crippen molar-refractivity contribution in [1.29, 1.82) is 0 Å². The summed E-state index contributed by atoms with van der Waals surface area (Å²) < 4.78 is 40.0. The first kappa shape index (κ1) is 15.5. The van der Waals surface area contributed by atoms with Crippen molar-refractivity contribution in [3.05, 3.63) is 59.4 Å². The van der Waals surface area contributed by atoms with E-state index in [0.29, 0.717) is 11.3 Å². The van der Waals surface area contributed by atoms with Crippen LogP contribution in [-0.4, -0.2) is 20.6 Å². The molecule has 4 nitrogen and oxygen atoms in total. The summed E-state index contributed by atoms with van der Waals surface area (Å²) in [5, 5.41) is 8.95. The van der Waals surface area contributed by atoms with Crippen LogP contribution >= 0.6 is 0 Å². The maximum Gasteiger partial charge on any atom is 0.266 e. The number of halogens is 1. The van der Waals surface area contributed by atoms with Crippen molar-refractivity contribution in [3.8, 4) is 0 Å². The molecule has 0 saturated carbocycles. The predicted molar refractivity (Wildman–Crippen MR) is 79.1 cm³/mol. The third-order valence-electron chi connectivity index (χ3n) is 3.18. The fraction of sp³-hybridized carbons (Fsp3) is 0.200. The van der Waals surface area contributed by atoms with Gasteiger partial charge in [0.1, 0.15) is 10.7 Å². The number of rotatable bonds is 4. The Morgan fingerprint density at radius 3 is 2.48 bits per heavy atom. The molecule has 0 amide bonds. The van der Waals surface area contributed by atoms with E-state index >= 15 is 0 Å². The first-order valence-electron chi connectivity index (χ1n) is 6.31. The fourth-order valence-corrected chi connectivity index (χ4v) is 3.19. The molecule has 2 aromatic rings. The van der Waals surface area contributed by atoms with E-state index in [9.17, 15) is 12.8 Å². The van der Waals surface area contributed by atoms with Crippen molar-refractivity contribution in [3.63, 3.8) is 0 Å². The second-order valence-electron chi connectivity index (χ2n) is 4.73. The molecule has 2 aromatic carbocycles. The predicted octanol–water partition coefficient (Wildman–Crippen LogP) is 2.45. The first-order valence-corrected chi connectivity index (χ1v) is 7.75. The Balaban J connectivity index is 2.47. The summed E-state index contributed by atoms with van der Waals surface area (Å²) in [6.07, 6.45) is 0. The van der Waals surface area contributed by atoms with Crippen LogP contribution in [0.4, 0.5) is 10.1 Å². The highest BCUT2D eigenvalue weighted by atomic mass is 32.2. The van der Waals surface area contributed by atoms with Gasteiger partial charge in [0.2, 0.25) is 0 Å². The van der Waals surface area contributed by atoms with Gasteiger partial charge in [0, 0.05) is 7.05 Å². The number of hydrogen-bond acceptors (Lipinski definition) is 3. The lowest BCUT2D eigenvalue weighted by atomic mass is 10.2. The van der Waals surface area contributed by atoms with Gasteiger partial charge in [-0.15, -0.1) is 0 Å². The highest BCUT2D eigenvalue weighted by Crippen LogP contribution is 2.25. The van der Waals surface area contributed by atoms with Crippen molar-refractivity contribution in [2.75, 3.05) is 11.4 Å². The molecule has 0 aliphatic rings. The molecular formula is C15H16FNO3S. The van der Waals surface area contributed by atoms with Gasteiger partial charge in [-0.3, -0.25) is 4.31 Å². The maximum atomic E-state index is 14.0. The lowest BCUT2D eigenvalue weighted by molar-refractivity contribution is 0.281. The Morgan fingerprint density at radius 1 is 1.19 bits per heavy atom. The molecule has 0 heterocycles. The Bertz CT molecular complexity index is 759. The minimum Gasteiger partial charge on any atom is -0.392 e. The molecule has 0 bridgehead atoms. The number of benzene rings is 2. The zero-order valence-electron chi connectivity index (χ0n) is 11.7. The van der Waals surface area contributed by atoms with Crippen LogP contribution in [0.15, 0.2) is 47.4 Å². The smallest absolute Gasteiger partial charge is 0.266 e. The van der Waals surface area contributed by atoms with Crippen LogP contribution in [-0.2, 0) is 16.6 Å². The number of nitrogens with zero attached hydrogens (tertiary/aromatic N) is 1. The normalized spacial score (nSPS) is 11.4. The quantitative estimate of drug-likeness (QED) is 0.944. The van der Waals surface area contributed by atoms with E-state index in [1.165, 1.54) is 19.2 Å². The minimum atomic E-state index is -3.99. The summed E-state index contributed by atoms with van der Waals surface area (Å²) in [5.41, 5.74) is 1.69. The monoisotopic (exact) mass is 309 g/mol. The average molecular weight is 309 g/mol. The molecule has 1 N–H and O–H groups in total. The summed E-state index contributed by atoms with van der Waals surface area (Å²) in [6.45, 7) is 1.51. The zero-order valence-corrected chi connectivity index (χ0v) is 12.6. The molecule has 0 spiro atoms. The van der Waals surface area contributed by atoms with Gasteiger partial charge in [0.05, 0.1) is 12.3 Å². The fourth-order valence-electron chi connectivity index (χ4n) is 1.96. The number of aliphatic hydroxyl groups excluding tert-OH is 1. The molecule has 0 aromatic heterocycles. The van der Waals surface area contributed by atoms with Gasteiger partial charge >= 0.3 is 0 Å². The lowest BCUT2D eigenvalue weighted by Gasteiger charge is -2.20. The Morgan fingerprint density at radius 2 is 1.90 bits per heavy atom. The van der Waals surface area contributed by atoms with E-state index in [0.717, 1.165) is 15.9 Å². The van der Waals surface area contributed by atoms with Crippen LogP contribution in [0.3, 0.4) is 0 Å². The Hall–Kier alpha value is -1.92. The van der Waals surface area contributed by atoms with Crippen LogP contribution in [0.1, 0.15) is 11.1 Å². The third kappa shape index (κ3) is 3.06. The standard InChI is InChI=1S/C15H16FNO3S/c1-11-4-3-5-13(8-11)17(2)21(19,20)15-7-6-12(10-18)9-14(15)16/h3-9,18H,10H2,1-2H3. The van der Waals surface area contributed by atoms with Crippen molar-refractivity contribution in [2.24, 2.45) is 0 Å². The zero-order chi connectivity index (χ0) is 15.6. The lowest BCUT2D eigenvalue weighted by Crippen LogP contribution is -2.27. The van der Waals surface area contributed by atoms with Crippen molar-refractivity contribution < 1.29 is 17.9 Å². The van der Waals surface area contributed by atoms with Crippen molar-refractivity contribution in [2.45, 2.75) is 18.4 Å². The van der Waals surface area contributed by atoms with Crippen LogP contribution in [0.25, 0.3) is 0 Å². The van der Waals surface area contributed by atoms with Gasteiger partial charge in [-0.1, -0.05) is 18.2 Å². The third-order valence-corrected chi connectivity index (χ3v) is 5.00. The molecule has 0 aliphatic carbocycles. The summed E-state index contributed by atoms with van der Waals surface area (Å²) in [5.74, 6) is -0.874. The SMILES string of the molecule is Cc1cccc(N(C)S(=O)(=O)c2ccc(CO)cc2F)c1. The summed E-state index contributed by atoms with van der Waals surface area (Å²) >= 11 is 0. The van der Waals surface area contributed by atoms with Crippen LogP contribution in [0.2, 0.25) is 0 Å². The van der Waals surface area contributed by atoms with Crippen molar-refractivity contribution in [1.82, 2.24) is 0 Å². The molecule has 2 rings (SSSR count). The highest BCUT2D eigenvalue weighted by molar-refractivity contribution is 7.92. The molecule has 6 heteroatoms. The molecule has 21 heavy (non-hydrogen) atoms. The molecular weight excluding hydrogens is 293 g/mol. The summed E-state index contributed by atoms with van der Waals surface area (Å²) in [7, 11) is -2.61. The van der Waals surface area contributed by atoms with E-state index in [1.807, 2.05) is 13.0 Å². The Kier molecular flexibility index (Phi) is 4.29. The number of anilines is 1. The highest BCUT2D eigenvalue weighted by Gasteiger charge is 2.25. The number of hydrogen-bond donors (Lipinski definition) is 1. The van der Waals surface area contributed by atoms with E-state index in [2.05, 4.69) is 0 Å². The van der Waals surface area contributed by atoms with Crippen LogP contribution in [0.5, 0.6) is 0 Å². The first-order chi connectivity index (χ1) is 9.86. The van der Waals surface area contributed by atoms with Crippen LogP contribution in [0, 0.1) is 12.7 Å². The summed E-state index contributed by atoms with van der Waals surface area (Å²) in [6, 6.07) is 10.5. The second kappa shape index (κ2) is 5.83. The number of aliphatic hydroxyl groups is 1. The van der Waals surface area contributed by atoms with Gasteiger partial charge in [-0.2, -0.15) is 0 Å². The molecule has 0 radical (unpaired) electrons. The van der Waals surface area contributed by atoms with E-state index in [4.69, 9.17) is 5.11 Å². The molecule has 0 unspecified atom stereocenters. The Labute approximate surface area is 123 Å².